The molecule has 1 saturated heterocycles. The molecule has 0 aromatic rings. The van der Waals surface area contributed by atoms with Gasteiger partial charge in [-0.05, 0) is 45.4 Å². The Labute approximate surface area is 96.4 Å². The molecule has 2 N–H and O–H groups in total. The van der Waals surface area contributed by atoms with E-state index < -0.39 is 5.97 Å². The van der Waals surface area contributed by atoms with E-state index in [2.05, 4.69) is 19.2 Å². The second-order valence-electron chi connectivity index (χ2n) is 5.25. The van der Waals surface area contributed by atoms with Crippen LogP contribution in [0, 0.1) is 5.92 Å². The van der Waals surface area contributed by atoms with Gasteiger partial charge < -0.3 is 15.2 Å². The summed E-state index contributed by atoms with van der Waals surface area (Å²) in [6.07, 6.45) is 4.41. The fraction of sp³-hybridized carbons (Fsp3) is 0.917. The van der Waals surface area contributed by atoms with Gasteiger partial charge in [0.05, 0.1) is 12.2 Å². The largest absolute Gasteiger partial charge is 0.480 e. The summed E-state index contributed by atoms with van der Waals surface area (Å²) < 4.78 is 5.65. The van der Waals surface area contributed by atoms with E-state index in [-0.39, 0.29) is 18.2 Å². The van der Waals surface area contributed by atoms with E-state index in [0.717, 1.165) is 25.7 Å². The molecule has 0 aromatic carbocycles. The molecule has 0 bridgehead atoms. The molecule has 4 nitrogen and oxygen atoms in total. The number of nitrogens with one attached hydrogen (secondary N) is 1. The molecule has 1 aliphatic heterocycles. The first kappa shape index (κ1) is 11.9. The number of aliphatic carboxylic acids is 1. The number of ether oxygens (including phenoxy) is 1. The molecule has 16 heavy (non-hydrogen) atoms. The van der Waals surface area contributed by atoms with Crippen LogP contribution in [0.1, 0.15) is 39.5 Å². The Hall–Kier alpha value is -0.610. The van der Waals surface area contributed by atoms with Crippen LogP contribution < -0.4 is 5.32 Å². The summed E-state index contributed by atoms with van der Waals surface area (Å²) >= 11 is 0. The first-order chi connectivity index (χ1) is 7.56. The Morgan fingerprint density at radius 1 is 1.31 bits per heavy atom. The van der Waals surface area contributed by atoms with E-state index in [1.807, 2.05) is 0 Å². The Balaban J connectivity index is 1.89. The summed E-state index contributed by atoms with van der Waals surface area (Å²) in [6, 6.07) is -0.0528. The lowest BCUT2D eigenvalue weighted by molar-refractivity contribution is -0.141. The number of carboxylic acid groups (broad SMARTS) is 1. The van der Waals surface area contributed by atoms with Gasteiger partial charge in [-0.1, -0.05) is 0 Å². The molecule has 1 aliphatic carbocycles. The molecule has 2 fully saturated rings. The zero-order chi connectivity index (χ0) is 11.7. The Morgan fingerprint density at radius 3 is 2.31 bits per heavy atom. The van der Waals surface area contributed by atoms with Gasteiger partial charge in [0.2, 0.25) is 0 Å². The highest BCUT2D eigenvalue weighted by Gasteiger charge is 2.38. The molecule has 0 radical (unpaired) electrons. The van der Waals surface area contributed by atoms with Crippen LogP contribution >= 0.6 is 0 Å². The van der Waals surface area contributed by atoms with E-state index in [4.69, 9.17) is 9.84 Å². The lowest BCUT2D eigenvalue weighted by Crippen LogP contribution is -2.49. The number of hydrogen-bond acceptors (Lipinski definition) is 3. The summed E-state index contributed by atoms with van der Waals surface area (Å²) in [5, 5.41) is 12.5. The van der Waals surface area contributed by atoms with Gasteiger partial charge >= 0.3 is 5.97 Å². The zero-order valence-electron chi connectivity index (χ0n) is 9.98. The lowest BCUT2D eigenvalue weighted by atomic mass is 9.98. The van der Waals surface area contributed by atoms with Crippen LogP contribution in [0.2, 0.25) is 0 Å². The molecular weight excluding hydrogens is 206 g/mol. The monoisotopic (exact) mass is 227 g/mol. The highest BCUT2D eigenvalue weighted by Crippen LogP contribution is 2.33. The highest BCUT2D eigenvalue weighted by atomic mass is 16.5. The van der Waals surface area contributed by atoms with Crippen molar-refractivity contribution in [1.29, 1.82) is 0 Å². The van der Waals surface area contributed by atoms with Crippen molar-refractivity contribution in [2.45, 2.75) is 63.8 Å². The minimum absolute atomic E-state index is 0.231. The lowest BCUT2D eigenvalue weighted by Gasteiger charge is -2.34. The van der Waals surface area contributed by atoms with Gasteiger partial charge in [0.25, 0.3) is 0 Å². The van der Waals surface area contributed by atoms with Crippen LogP contribution in [0.5, 0.6) is 0 Å². The molecule has 2 aliphatic rings. The standard InChI is InChI=1S/C12H21NO3/c1-7-5-10(6-8(2)16-7)13-11(12(14)15)9-3-4-9/h7-11,13H,3-6H2,1-2H3,(H,14,15). The molecule has 0 aromatic heterocycles. The van der Waals surface area contributed by atoms with Crippen molar-refractivity contribution >= 4 is 5.97 Å². The maximum atomic E-state index is 11.1. The van der Waals surface area contributed by atoms with Crippen LogP contribution in [-0.4, -0.2) is 35.4 Å². The molecule has 0 amide bonds. The van der Waals surface area contributed by atoms with Crippen molar-refractivity contribution in [3.8, 4) is 0 Å². The predicted molar refractivity (Wildman–Crippen MR) is 60.3 cm³/mol. The Kier molecular flexibility index (Phi) is 3.50. The van der Waals surface area contributed by atoms with Crippen LogP contribution in [0.3, 0.4) is 0 Å². The highest BCUT2D eigenvalue weighted by molar-refractivity contribution is 5.74. The average molecular weight is 227 g/mol. The van der Waals surface area contributed by atoms with Gasteiger partial charge in [-0.2, -0.15) is 0 Å². The van der Waals surface area contributed by atoms with Crippen LogP contribution in [0.15, 0.2) is 0 Å². The van der Waals surface area contributed by atoms with Gasteiger partial charge in [-0.25, -0.2) is 0 Å². The quantitative estimate of drug-likeness (QED) is 0.762. The van der Waals surface area contributed by atoms with Gasteiger partial charge in [0.1, 0.15) is 6.04 Å². The summed E-state index contributed by atoms with van der Waals surface area (Å²) in [5.74, 6) is -0.347. The molecule has 4 heteroatoms. The minimum atomic E-state index is -0.700. The fourth-order valence-electron chi connectivity index (χ4n) is 2.63. The third-order valence-electron chi connectivity index (χ3n) is 3.47. The van der Waals surface area contributed by atoms with Crippen LogP contribution in [0.4, 0.5) is 0 Å². The van der Waals surface area contributed by atoms with Gasteiger partial charge in [-0.3, -0.25) is 4.79 Å². The van der Waals surface area contributed by atoms with Crippen LogP contribution in [-0.2, 0) is 9.53 Å². The maximum absolute atomic E-state index is 11.1. The van der Waals surface area contributed by atoms with Crippen molar-refractivity contribution in [3.05, 3.63) is 0 Å². The zero-order valence-corrected chi connectivity index (χ0v) is 9.98. The molecular formula is C12H21NO3. The molecule has 92 valence electrons. The molecule has 3 unspecified atom stereocenters. The first-order valence-corrected chi connectivity index (χ1v) is 6.20. The van der Waals surface area contributed by atoms with Crippen LogP contribution in [0.25, 0.3) is 0 Å². The van der Waals surface area contributed by atoms with Crippen molar-refractivity contribution in [1.82, 2.24) is 5.32 Å². The Morgan fingerprint density at radius 2 is 1.88 bits per heavy atom. The van der Waals surface area contributed by atoms with Gasteiger partial charge in [-0.15, -0.1) is 0 Å². The maximum Gasteiger partial charge on any atom is 0.320 e. The van der Waals surface area contributed by atoms with E-state index in [1.54, 1.807) is 0 Å². The molecule has 2 rings (SSSR count). The third-order valence-corrected chi connectivity index (χ3v) is 3.47. The minimum Gasteiger partial charge on any atom is -0.480 e. The summed E-state index contributed by atoms with van der Waals surface area (Å²) in [6.45, 7) is 4.11. The van der Waals surface area contributed by atoms with E-state index in [1.165, 1.54) is 0 Å². The van der Waals surface area contributed by atoms with Crippen molar-refractivity contribution in [3.63, 3.8) is 0 Å². The number of carboxylic acids is 1. The second kappa shape index (κ2) is 4.72. The number of hydrogen-bond donors (Lipinski definition) is 2. The van der Waals surface area contributed by atoms with E-state index in [9.17, 15) is 4.79 Å². The number of rotatable bonds is 4. The SMILES string of the molecule is CC1CC(NC(C(=O)O)C2CC2)CC(C)O1. The molecule has 1 heterocycles. The smallest absolute Gasteiger partial charge is 0.320 e. The predicted octanol–water partition coefficient (Wildman–Crippen LogP) is 1.40. The number of carbonyl (C=O) groups is 1. The topological polar surface area (TPSA) is 58.6 Å². The summed E-state index contributed by atoms with van der Waals surface area (Å²) in [4.78, 5) is 11.1. The van der Waals surface area contributed by atoms with Gasteiger partial charge in [0.15, 0.2) is 0 Å². The van der Waals surface area contributed by atoms with Crippen molar-refractivity contribution in [2.75, 3.05) is 0 Å². The Bertz CT molecular complexity index is 255. The fourth-order valence-corrected chi connectivity index (χ4v) is 2.63. The first-order valence-electron chi connectivity index (χ1n) is 6.20. The van der Waals surface area contributed by atoms with Crippen molar-refractivity contribution in [2.24, 2.45) is 5.92 Å². The van der Waals surface area contributed by atoms with E-state index >= 15 is 0 Å². The average Bonchev–Trinajstić information content (AvgIpc) is 2.95. The summed E-state index contributed by atoms with van der Waals surface area (Å²) in [5.41, 5.74) is 0. The van der Waals surface area contributed by atoms with Gasteiger partial charge in [0, 0.05) is 6.04 Å². The molecule has 1 saturated carbocycles. The summed E-state index contributed by atoms with van der Waals surface area (Å²) in [7, 11) is 0. The van der Waals surface area contributed by atoms with E-state index in [0.29, 0.717) is 12.0 Å². The van der Waals surface area contributed by atoms with Crippen molar-refractivity contribution < 1.29 is 14.6 Å². The molecule has 0 spiro atoms. The third kappa shape index (κ3) is 2.95. The second-order valence-corrected chi connectivity index (χ2v) is 5.25. The molecule has 3 atom stereocenters. The normalized spacial score (nSPS) is 37.0.